The number of benzene rings is 1. The monoisotopic (exact) mass is 484 g/mol. The highest BCUT2D eigenvalue weighted by molar-refractivity contribution is 8.00. The van der Waals surface area contributed by atoms with Gasteiger partial charge in [0.1, 0.15) is 5.82 Å². The second-order valence-corrected chi connectivity index (χ2v) is 9.54. The van der Waals surface area contributed by atoms with Crippen LogP contribution in [-0.4, -0.2) is 53.9 Å². The quantitative estimate of drug-likeness (QED) is 0.317. The number of aliphatic hydroxyl groups is 3. The first-order valence-corrected chi connectivity index (χ1v) is 11.3. The van der Waals surface area contributed by atoms with E-state index < -0.39 is 11.3 Å². The van der Waals surface area contributed by atoms with Crippen LogP contribution in [0.3, 0.4) is 0 Å². The van der Waals surface area contributed by atoms with Gasteiger partial charge in [-0.25, -0.2) is 4.98 Å². The second kappa shape index (κ2) is 10.3. The zero-order valence-electron chi connectivity index (χ0n) is 18.3. The van der Waals surface area contributed by atoms with Gasteiger partial charge < -0.3 is 20.6 Å². The Hall–Kier alpha value is -2.34. The van der Waals surface area contributed by atoms with Crippen molar-refractivity contribution in [3.63, 3.8) is 0 Å². The Bertz CT molecular complexity index is 1060. The molecule has 180 valence electrons. The van der Waals surface area contributed by atoms with Crippen LogP contribution in [0.4, 0.5) is 19.0 Å². The van der Waals surface area contributed by atoms with Crippen molar-refractivity contribution in [1.82, 2.24) is 14.6 Å². The first-order chi connectivity index (χ1) is 15.4. The number of alkyl halides is 3. The predicted molar refractivity (Wildman–Crippen MR) is 121 cm³/mol. The molecule has 33 heavy (non-hydrogen) atoms. The molecule has 0 aliphatic heterocycles. The van der Waals surface area contributed by atoms with Crippen LogP contribution in [0, 0.1) is 5.92 Å². The third-order valence-corrected chi connectivity index (χ3v) is 5.59. The number of aliphatic hydroxyl groups excluding tert-OH is 1. The van der Waals surface area contributed by atoms with Crippen LogP contribution in [-0.2, 0) is 0 Å². The molecule has 1 unspecified atom stereocenters. The fourth-order valence-electron chi connectivity index (χ4n) is 3.58. The van der Waals surface area contributed by atoms with Crippen molar-refractivity contribution in [3.05, 3.63) is 42.6 Å². The molecule has 1 aliphatic rings. The Labute approximate surface area is 193 Å². The third-order valence-electron chi connectivity index (χ3n) is 4.87. The number of nitrogens with one attached hydrogen (secondary N) is 1. The van der Waals surface area contributed by atoms with Crippen LogP contribution in [0.15, 0.2) is 47.5 Å². The highest BCUT2D eigenvalue weighted by atomic mass is 32.2. The number of thioether (sulfide) groups is 1. The third kappa shape index (κ3) is 7.88. The van der Waals surface area contributed by atoms with E-state index in [1.165, 1.54) is 26.0 Å². The Morgan fingerprint density at radius 3 is 2.52 bits per heavy atom. The Balaban J connectivity index is 0.000000555. The lowest BCUT2D eigenvalue weighted by atomic mass is 10.1. The van der Waals surface area contributed by atoms with Crippen LogP contribution in [0.2, 0.25) is 0 Å². The molecule has 0 amide bonds. The molecule has 4 rings (SSSR count). The van der Waals surface area contributed by atoms with Crippen molar-refractivity contribution in [2.75, 3.05) is 11.9 Å². The average molecular weight is 485 g/mol. The van der Waals surface area contributed by atoms with Crippen LogP contribution < -0.4 is 5.32 Å². The maximum absolute atomic E-state index is 12.7. The lowest BCUT2D eigenvalue weighted by Gasteiger charge is -2.14. The first-order valence-electron chi connectivity index (χ1n) is 10.4. The summed E-state index contributed by atoms with van der Waals surface area (Å²) in [6, 6.07) is 10.1. The largest absolute Gasteiger partial charge is 0.446 e. The maximum Gasteiger partial charge on any atom is 0.446 e. The molecular weight excluding hydrogens is 457 g/mol. The van der Waals surface area contributed by atoms with Crippen molar-refractivity contribution in [3.8, 4) is 11.3 Å². The van der Waals surface area contributed by atoms with E-state index in [4.69, 9.17) is 10.2 Å². The molecule has 1 aromatic carbocycles. The highest BCUT2D eigenvalue weighted by Crippen LogP contribution is 2.38. The normalized spacial score (nSPS) is 18.8. The van der Waals surface area contributed by atoms with E-state index in [0.29, 0.717) is 22.8 Å². The zero-order valence-corrected chi connectivity index (χ0v) is 19.1. The van der Waals surface area contributed by atoms with Gasteiger partial charge in [0, 0.05) is 35.4 Å². The van der Waals surface area contributed by atoms with Gasteiger partial charge in [0.2, 0.25) is 0 Å². The molecule has 2 aromatic heterocycles. The van der Waals surface area contributed by atoms with Gasteiger partial charge in [-0.3, -0.25) is 0 Å². The van der Waals surface area contributed by atoms with Crippen molar-refractivity contribution < 1.29 is 28.5 Å². The summed E-state index contributed by atoms with van der Waals surface area (Å²) in [5.41, 5.74) is -2.55. The fraction of sp³-hybridized carbons (Fsp3) is 0.455. The van der Waals surface area contributed by atoms with Crippen LogP contribution in [0.1, 0.15) is 33.1 Å². The fourth-order valence-corrected chi connectivity index (χ4v) is 4.18. The number of hydrogen-bond acceptors (Lipinski definition) is 7. The van der Waals surface area contributed by atoms with Gasteiger partial charge in [-0.1, -0.05) is 12.1 Å². The molecular formula is C22H27F3N4O3S. The van der Waals surface area contributed by atoms with E-state index in [2.05, 4.69) is 15.4 Å². The van der Waals surface area contributed by atoms with Crippen LogP contribution >= 0.6 is 11.8 Å². The molecule has 1 saturated carbocycles. The lowest BCUT2D eigenvalue weighted by Crippen LogP contribution is -2.18. The Morgan fingerprint density at radius 2 is 1.88 bits per heavy atom. The zero-order chi connectivity index (χ0) is 24.2. The van der Waals surface area contributed by atoms with Gasteiger partial charge in [0.25, 0.3) is 0 Å². The van der Waals surface area contributed by atoms with Crippen LogP contribution in [0.5, 0.6) is 0 Å². The van der Waals surface area contributed by atoms with Gasteiger partial charge in [0.05, 0.1) is 5.69 Å². The molecule has 0 spiro atoms. The smallest absolute Gasteiger partial charge is 0.396 e. The van der Waals surface area contributed by atoms with Gasteiger partial charge in [-0.2, -0.15) is 22.8 Å². The lowest BCUT2D eigenvalue weighted by molar-refractivity contribution is -0.127. The summed E-state index contributed by atoms with van der Waals surface area (Å²) < 4.78 is 39.6. The van der Waals surface area contributed by atoms with Crippen molar-refractivity contribution in [2.24, 2.45) is 5.92 Å². The number of anilines is 1. The molecule has 3 aromatic rings. The van der Waals surface area contributed by atoms with E-state index in [9.17, 15) is 18.3 Å². The van der Waals surface area contributed by atoms with Gasteiger partial charge >= 0.3 is 5.51 Å². The Kier molecular flexibility index (Phi) is 7.88. The van der Waals surface area contributed by atoms with E-state index >= 15 is 0 Å². The van der Waals surface area contributed by atoms with Gasteiger partial charge in [0.15, 0.2) is 11.4 Å². The highest BCUT2D eigenvalue weighted by Gasteiger charge is 2.29. The van der Waals surface area contributed by atoms with Crippen molar-refractivity contribution >= 4 is 23.2 Å². The molecule has 7 nitrogen and oxygen atoms in total. The topological polar surface area (TPSA) is 103 Å². The molecule has 1 aliphatic carbocycles. The van der Waals surface area contributed by atoms with E-state index in [1.807, 2.05) is 6.07 Å². The number of aromatic nitrogens is 3. The molecule has 4 N–H and O–H groups in total. The summed E-state index contributed by atoms with van der Waals surface area (Å²) in [5.74, 6) is -0.405. The molecule has 1 fully saturated rings. The van der Waals surface area contributed by atoms with Gasteiger partial charge in [-0.15, -0.1) is 0 Å². The molecule has 11 heteroatoms. The Morgan fingerprint density at radius 1 is 1.15 bits per heavy atom. The molecule has 0 saturated heterocycles. The predicted octanol–water partition coefficient (Wildman–Crippen LogP) is 4.29. The summed E-state index contributed by atoms with van der Waals surface area (Å²) in [5, 5.41) is 33.5. The summed E-state index contributed by atoms with van der Waals surface area (Å²) >= 11 is -0.140. The number of nitrogens with zero attached hydrogens (tertiary/aromatic N) is 3. The standard InChI is InChI=1S/C19H19F3N4OS.C3H8O2/c20-19(21,22)28-15-3-1-2-13(9-15)16-10-18-23-7-6-17(26(18)25-16)24-14-5-4-12(8-14)11-27;1-3(2,4)5/h1-3,6-7,9-10,12,14,24,27H,4-5,8,11H2;4-5H,1-2H3/t12-,14?;/m1./s1. The summed E-state index contributed by atoms with van der Waals surface area (Å²) in [7, 11) is 0. The maximum atomic E-state index is 12.7. The molecule has 0 bridgehead atoms. The number of hydrogen-bond donors (Lipinski definition) is 4. The minimum atomic E-state index is -4.33. The van der Waals surface area contributed by atoms with Gasteiger partial charge in [-0.05, 0) is 69.0 Å². The minimum absolute atomic E-state index is 0.120. The number of halogens is 3. The molecule has 2 atom stereocenters. The summed E-state index contributed by atoms with van der Waals surface area (Å²) in [4.78, 5) is 4.43. The van der Waals surface area contributed by atoms with Crippen molar-refractivity contribution in [1.29, 1.82) is 0 Å². The van der Waals surface area contributed by atoms with E-state index in [1.54, 1.807) is 28.9 Å². The second-order valence-electron chi connectivity index (χ2n) is 8.40. The van der Waals surface area contributed by atoms with E-state index in [0.717, 1.165) is 25.1 Å². The number of fused-ring (bicyclic) bond motifs is 1. The summed E-state index contributed by atoms with van der Waals surface area (Å²) in [6.07, 6.45) is 4.53. The average Bonchev–Trinajstić information content (AvgIpc) is 3.33. The SMILES string of the molecule is CC(C)(O)O.OC[C@@H]1CCC(Nc2ccnc3cc(-c4cccc(SC(F)(F)F)c4)nn23)C1. The first kappa shape index (κ1) is 25.3. The molecule has 2 heterocycles. The van der Waals surface area contributed by atoms with E-state index in [-0.39, 0.29) is 29.3 Å². The number of rotatable bonds is 5. The van der Waals surface area contributed by atoms with Crippen molar-refractivity contribution in [2.45, 2.75) is 55.3 Å². The minimum Gasteiger partial charge on any atom is -0.396 e. The molecule has 0 radical (unpaired) electrons. The summed E-state index contributed by atoms with van der Waals surface area (Å²) in [6.45, 7) is 2.79. The van der Waals surface area contributed by atoms with Crippen LogP contribution in [0.25, 0.3) is 16.9 Å².